The summed E-state index contributed by atoms with van der Waals surface area (Å²) in [5.41, 5.74) is 2.91. The highest BCUT2D eigenvalue weighted by atomic mass is 16.7. The Hall–Kier alpha value is -2.48. The number of carbonyl (C=O) groups is 1. The smallest absolute Gasteiger partial charge is 0.320 e. The zero-order chi connectivity index (χ0) is 17.2. The number of nitrogens with zero attached hydrogens (tertiary/aromatic N) is 2. The number of hydrogen-bond acceptors (Lipinski definition) is 3. The second-order valence-electron chi connectivity index (χ2n) is 7.11. The molecule has 2 amide bonds. The molecular weight excluding hydrogens is 314 g/mol. The third kappa shape index (κ3) is 3.34. The number of hydrogen-bond donors (Lipinski definition) is 1. The number of fused-ring (bicyclic) bond motifs is 1. The van der Waals surface area contributed by atoms with Crippen LogP contribution in [0.15, 0.2) is 29.4 Å². The molecule has 130 valence electrons. The number of carbonyl (C=O) groups excluding carboxylic acids is 1. The largest absolute Gasteiger partial charge is 0.369 e. The fourth-order valence-corrected chi connectivity index (χ4v) is 3.87. The Labute approximate surface area is 148 Å². The van der Waals surface area contributed by atoms with Gasteiger partial charge < -0.3 is 10.2 Å². The molecule has 3 aliphatic rings. The van der Waals surface area contributed by atoms with Gasteiger partial charge >= 0.3 is 6.03 Å². The Balaban J connectivity index is 1.40. The van der Waals surface area contributed by atoms with E-state index in [1.807, 2.05) is 12.1 Å². The quantitative estimate of drug-likeness (QED) is 0.801. The number of benzene rings is 1. The van der Waals surface area contributed by atoms with E-state index in [-0.39, 0.29) is 18.2 Å². The fraction of sp³-hybridized carbons (Fsp3) is 0.500. The molecule has 1 aromatic carbocycles. The van der Waals surface area contributed by atoms with Crippen LogP contribution in [-0.2, 0) is 4.84 Å². The van der Waals surface area contributed by atoms with E-state index in [1.165, 1.54) is 18.4 Å². The standard InChI is InChI=1S/C20H23N3O2/c1-14-5-4-6-15(13-14)9-10-18-17-11-12-23(19(17)25-22-18)20(24)21-16-7-2-3-8-16/h4-6,13,16-17,19H,2-3,7-8,11-12H2,1H3,(H,21,24). The number of nitrogens with one attached hydrogen (secondary N) is 1. The van der Waals surface area contributed by atoms with Crippen LogP contribution in [0.4, 0.5) is 4.79 Å². The summed E-state index contributed by atoms with van der Waals surface area (Å²) >= 11 is 0. The number of likely N-dealkylation sites (tertiary alicyclic amines) is 1. The lowest BCUT2D eigenvalue weighted by molar-refractivity contribution is -0.00675. The van der Waals surface area contributed by atoms with E-state index in [0.717, 1.165) is 30.5 Å². The van der Waals surface area contributed by atoms with Crippen molar-refractivity contribution in [3.05, 3.63) is 35.4 Å². The second kappa shape index (κ2) is 6.79. The number of oxime groups is 1. The summed E-state index contributed by atoms with van der Waals surface area (Å²) in [6.45, 7) is 2.74. The zero-order valence-electron chi connectivity index (χ0n) is 14.5. The third-order valence-electron chi connectivity index (χ3n) is 5.24. The first-order valence-electron chi connectivity index (χ1n) is 9.10. The van der Waals surface area contributed by atoms with E-state index >= 15 is 0 Å². The molecule has 1 aromatic rings. The zero-order valence-corrected chi connectivity index (χ0v) is 14.5. The Kier molecular flexibility index (Phi) is 4.35. The van der Waals surface area contributed by atoms with Gasteiger partial charge in [-0.1, -0.05) is 36.1 Å². The van der Waals surface area contributed by atoms with Crippen LogP contribution in [-0.4, -0.2) is 35.5 Å². The summed E-state index contributed by atoms with van der Waals surface area (Å²) < 4.78 is 0. The second-order valence-corrected chi connectivity index (χ2v) is 7.11. The molecule has 2 unspecified atom stereocenters. The van der Waals surface area contributed by atoms with Gasteiger partial charge in [-0.15, -0.1) is 0 Å². The molecule has 1 N–H and O–H groups in total. The van der Waals surface area contributed by atoms with Crippen LogP contribution in [0.25, 0.3) is 0 Å². The minimum Gasteiger partial charge on any atom is -0.369 e. The van der Waals surface area contributed by atoms with Crippen molar-refractivity contribution in [2.75, 3.05) is 6.54 Å². The normalized spacial score (nSPS) is 25.0. The number of rotatable bonds is 1. The molecule has 1 aliphatic carbocycles. The highest BCUT2D eigenvalue weighted by molar-refractivity contribution is 6.03. The Bertz CT molecular complexity index is 756. The molecule has 2 fully saturated rings. The topological polar surface area (TPSA) is 53.9 Å². The van der Waals surface area contributed by atoms with Gasteiger partial charge in [-0.05, 0) is 49.8 Å². The van der Waals surface area contributed by atoms with Gasteiger partial charge in [0.15, 0.2) is 0 Å². The minimum absolute atomic E-state index is 0.0255. The van der Waals surface area contributed by atoms with Gasteiger partial charge in [0.2, 0.25) is 6.23 Å². The Morgan fingerprint density at radius 1 is 1.28 bits per heavy atom. The molecular formula is C20H23N3O2. The predicted octanol–water partition coefficient (Wildman–Crippen LogP) is 3.03. The van der Waals surface area contributed by atoms with Crippen LogP contribution in [0.3, 0.4) is 0 Å². The summed E-state index contributed by atoms with van der Waals surface area (Å²) in [5.74, 6) is 6.40. The van der Waals surface area contributed by atoms with E-state index in [0.29, 0.717) is 12.6 Å². The van der Waals surface area contributed by atoms with Gasteiger partial charge in [0.1, 0.15) is 5.71 Å². The lowest BCUT2D eigenvalue weighted by atomic mass is 10.0. The van der Waals surface area contributed by atoms with E-state index in [2.05, 4.69) is 41.4 Å². The van der Waals surface area contributed by atoms with Crippen molar-refractivity contribution >= 4 is 11.7 Å². The monoisotopic (exact) mass is 337 g/mol. The highest BCUT2D eigenvalue weighted by Crippen LogP contribution is 2.32. The maximum Gasteiger partial charge on any atom is 0.320 e. The molecule has 1 saturated heterocycles. The molecule has 0 radical (unpaired) electrons. The predicted molar refractivity (Wildman–Crippen MR) is 96.0 cm³/mol. The lowest BCUT2D eigenvalue weighted by Gasteiger charge is -2.24. The van der Waals surface area contributed by atoms with Crippen molar-refractivity contribution < 1.29 is 9.63 Å². The summed E-state index contributed by atoms with van der Waals surface area (Å²) in [4.78, 5) is 19.8. The van der Waals surface area contributed by atoms with Gasteiger partial charge in [-0.25, -0.2) is 4.79 Å². The molecule has 0 bridgehead atoms. The SMILES string of the molecule is Cc1cccc(C#CC2=NOC3C2CCN3C(=O)NC2CCCC2)c1. The molecule has 5 nitrogen and oxygen atoms in total. The Morgan fingerprint density at radius 3 is 2.92 bits per heavy atom. The maximum atomic E-state index is 12.5. The third-order valence-corrected chi connectivity index (χ3v) is 5.24. The average molecular weight is 337 g/mol. The van der Waals surface area contributed by atoms with E-state index < -0.39 is 0 Å². The molecule has 2 atom stereocenters. The average Bonchev–Trinajstić information content (AvgIpc) is 3.31. The first-order valence-corrected chi connectivity index (χ1v) is 9.10. The Morgan fingerprint density at radius 2 is 2.12 bits per heavy atom. The summed E-state index contributed by atoms with van der Waals surface area (Å²) in [7, 11) is 0. The van der Waals surface area contributed by atoms with E-state index in [4.69, 9.17) is 4.84 Å². The summed E-state index contributed by atoms with van der Waals surface area (Å²) in [6.07, 6.45) is 5.12. The van der Waals surface area contributed by atoms with Gasteiger partial charge in [-0.3, -0.25) is 4.90 Å². The first-order chi connectivity index (χ1) is 12.2. The van der Waals surface area contributed by atoms with Crippen molar-refractivity contribution in [2.45, 2.75) is 51.3 Å². The summed E-state index contributed by atoms with van der Waals surface area (Å²) in [6, 6.07) is 8.38. The van der Waals surface area contributed by atoms with E-state index in [9.17, 15) is 4.79 Å². The molecule has 1 saturated carbocycles. The van der Waals surface area contributed by atoms with Gasteiger partial charge in [-0.2, -0.15) is 0 Å². The minimum atomic E-state index is -0.303. The van der Waals surface area contributed by atoms with Crippen molar-refractivity contribution in [3.8, 4) is 11.8 Å². The molecule has 25 heavy (non-hydrogen) atoms. The number of aryl methyl sites for hydroxylation is 1. The molecule has 0 spiro atoms. The van der Waals surface area contributed by atoms with Crippen LogP contribution in [0.5, 0.6) is 0 Å². The van der Waals surface area contributed by atoms with Crippen molar-refractivity contribution in [1.29, 1.82) is 0 Å². The van der Waals surface area contributed by atoms with E-state index in [1.54, 1.807) is 4.90 Å². The van der Waals surface area contributed by atoms with Crippen LogP contribution < -0.4 is 5.32 Å². The van der Waals surface area contributed by atoms with Crippen LogP contribution in [0.2, 0.25) is 0 Å². The number of urea groups is 1. The van der Waals surface area contributed by atoms with Gasteiger partial charge in [0.05, 0.1) is 5.92 Å². The molecule has 2 heterocycles. The number of amides is 2. The molecule has 5 heteroatoms. The molecule has 0 aromatic heterocycles. The van der Waals surface area contributed by atoms with Crippen molar-refractivity contribution in [3.63, 3.8) is 0 Å². The van der Waals surface area contributed by atoms with Crippen molar-refractivity contribution in [2.24, 2.45) is 11.1 Å². The van der Waals surface area contributed by atoms with Gasteiger partial charge in [0.25, 0.3) is 0 Å². The van der Waals surface area contributed by atoms with Crippen LogP contribution in [0.1, 0.15) is 43.2 Å². The lowest BCUT2D eigenvalue weighted by Crippen LogP contribution is -2.47. The van der Waals surface area contributed by atoms with Crippen LogP contribution in [0, 0.1) is 24.7 Å². The van der Waals surface area contributed by atoms with Crippen LogP contribution >= 0.6 is 0 Å². The molecule has 2 aliphatic heterocycles. The van der Waals surface area contributed by atoms with Gasteiger partial charge in [0, 0.05) is 18.2 Å². The summed E-state index contributed by atoms with van der Waals surface area (Å²) in [5, 5.41) is 7.28. The first kappa shape index (κ1) is 16.0. The highest BCUT2D eigenvalue weighted by Gasteiger charge is 2.45. The maximum absolute atomic E-state index is 12.5. The fourth-order valence-electron chi connectivity index (χ4n) is 3.87. The van der Waals surface area contributed by atoms with Crippen molar-refractivity contribution in [1.82, 2.24) is 10.2 Å². The molecule has 4 rings (SSSR count).